The van der Waals surface area contributed by atoms with Crippen molar-refractivity contribution in [3.8, 4) is 5.75 Å². The number of rotatable bonds is 3. The molecule has 0 fully saturated rings. The van der Waals surface area contributed by atoms with Crippen LogP contribution in [0.5, 0.6) is 5.75 Å². The van der Waals surface area contributed by atoms with Crippen LogP contribution in [0.4, 0.5) is 5.69 Å². The normalized spacial score (nSPS) is 9.36. The second kappa shape index (κ2) is 4.72. The van der Waals surface area contributed by atoms with Gasteiger partial charge in [-0.2, -0.15) is 0 Å². The summed E-state index contributed by atoms with van der Waals surface area (Å²) in [5.41, 5.74) is 0.821. The summed E-state index contributed by atoms with van der Waals surface area (Å²) in [7, 11) is 2.82. The minimum absolute atomic E-state index is 0.335. The van der Waals surface area contributed by atoms with Crippen LogP contribution in [-0.4, -0.2) is 20.2 Å². The van der Waals surface area contributed by atoms with Gasteiger partial charge in [-0.15, -0.1) is 0 Å². The maximum absolute atomic E-state index is 11.3. The molecule has 0 spiro atoms. The highest BCUT2D eigenvalue weighted by molar-refractivity contribution is 6.25. The molecule has 1 aromatic carbocycles. The molecule has 0 bridgehead atoms. The number of methoxy groups -OCH3 is 2. The van der Waals surface area contributed by atoms with Crippen LogP contribution in [0.15, 0.2) is 18.2 Å². The van der Waals surface area contributed by atoms with Crippen molar-refractivity contribution in [2.24, 2.45) is 0 Å². The summed E-state index contributed by atoms with van der Waals surface area (Å²) in [5, 5.41) is 0. The van der Waals surface area contributed by atoms with Crippen molar-refractivity contribution in [1.82, 2.24) is 0 Å². The Labute approximate surface area is 86.9 Å². The predicted octanol–water partition coefficient (Wildman–Crippen LogP) is 2.05. The van der Waals surface area contributed by atoms with Crippen LogP contribution in [0.3, 0.4) is 0 Å². The van der Waals surface area contributed by atoms with E-state index in [9.17, 15) is 4.79 Å². The molecule has 0 saturated heterocycles. The fraction of sp³-hybridized carbons (Fsp3) is 0.222. The van der Waals surface area contributed by atoms with Gasteiger partial charge >= 0.3 is 5.97 Å². The van der Waals surface area contributed by atoms with E-state index in [0.717, 1.165) is 0 Å². The van der Waals surface area contributed by atoms with Gasteiger partial charge in [-0.05, 0) is 18.2 Å². The molecule has 0 aliphatic heterocycles. The van der Waals surface area contributed by atoms with Crippen LogP contribution >= 0.6 is 11.8 Å². The van der Waals surface area contributed by atoms with Crippen molar-refractivity contribution in [2.45, 2.75) is 0 Å². The van der Waals surface area contributed by atoms with Crippen molar-refractivity contribution in [3.63, 3.8) is 0 Å². The molecule has 0 aromatic heterocycles. The molecule has 14 heavy (non-hydrogen) atoms. The molecular weight excluding hydrogens is 206 g/mol. The van der Waals surface area contributed by atoms with E-state index in [2.05, 4.69) is 9.57 Å². The zero-order valence-corrected chi connectivity index (χ0v) is 8.59. The van der Waals surface area contributed by atoms with Gasteiger partial charge in [0.15, 0.2) is 0 Å². The summed E-state index contributed by atoms with van der Waals surface area (Å²) in [5.74, 6) is 0.105. The minimum atomic E-state index is -0.466. The lowest BCUT2D eigenvalue weighted by Gasteiger charge is -2.07. The molecule has 76 valence electrons. The van der Waals surface area contributed by atoms with Gasteiger partial charge in [-0.25, -0.2) is 4.79 Å². The first-order valence-corrected chi connectivity index (χ1v) is 4.23. The van der Waals surface area contributed by atoms with Crippen molar-refractivity contribution >= 4 is 23.4 Å². The zero-order chi connectivity index (χ0) is 10.6. The third-order valence-corrected chi connectivity index (χ3v) is 1.94. The number of benzene rings is 1. The maximum atomic E-state index is 11.3. The van der Waals surface area contributed by atoms with Gasteiger partial charge < -0.3 is 9.47 Å². The molecule has 0 unspecified atom stereocenters. The van der Waals surface area contributed by atoms with Gasteiger partial charge in [0, 0.05) is 11.8 Å². The number of ether oxygens (including phenoxy) is 2. The van der Waals surface area contributed by atoms with Crippen LogP contribution < -0.4 is 9.57 Å². The van der Waals surface area contributed by atoms with Gasteiger partial charge in [-0.1, -0.05) is 0 Å². The van der Waals surface area contributed by atoms with E-state index in [1.54, 1.807) is 18.2 Å². The number of nitrogens with one attached hydrogen (secondary N) is 1. The lowest BCUT2D eigenvalue weighted by atomic mass is 10.2. The number of carbonyl (C=O) groups excluding carboxylic acids is 1. The molecule has 0 radical (unpaired) electrons. The van der Waals surface area contributed by atoms with Crippen LogP contribution in [0, 0.1) is 0 Å². The van der Waals surface area contributed by atoms with E-state index in [-0.39, 0.29) is 0 Å². The van der Waals surface area contributed by atoms with Gasteiger partial charge in [0.05, 0.1) is 25.5 Å². The molecule has 4 nitrogen and oxygen atoms in total. The summed E-state index contributed by atoms with van der Waals surface area (Å²) in [6, 6.07) is 4.88. The maximum Gasteiger partial charge on any atom is 0.340 e. The van der Waals surface area contributed by atoms with Gasteiger partial charge in [0.1, 0.15) is 5.75 Å². The Kier molecular flexibility index (Phi) is 3.59. The molecule has 1 aromatic rings. The highest BCUT2D eigenvalue weighted by Crippen LogP contribution is 2.23. The third-order valence-electron chi connectivity index (χ3n) is 1.73. The van der Waals surface area contributed by atoms with E-state index in [1.807, 2.05) is 0 Å². The molecule has 0 saturated carbocycles. The van der Waals surface area contributed by atoms with E-state index in [4.69, 9.17) is 16.5 Å². The number of anilines is 1. The number of hydrogen-bond acceptors (Lipinski definition) is 4. The summed E-state index contributed by atoms with van der Waals surface area (Å²) in [6.45, 7) is 0. The molecule has 0 atom stereocenters. The SMILES string of the molecule is COC(=O)c1cc(OC)ccc1NCl. The van der Waals surface area contributed by atoms with Gasteiger partial charge in [0.2, 0.25) is 0 Å². The highest BCUT2D eigenvalue weighted by atomic mass is 35.5. The summed E-state index contributed by atoms with van der Waals surface area (Å²) in [4.78, 5) is 13.7. The summed E-state index contributed by atoms with van der Waals surface area (Å²) >= 11 is 5.43. The van der Waals surface area contributed by atoms with E-state index in [0.29, 0.717) is 17.0 Å². The number of carbonyl (C=O) groups is 1. The molecule has 0 heterocycles. The molecule has 1 N–H and O–H groups in total. The zero-order valence-electron chi connectivity index (χ0n) is 7.83. The third kappa shape index (κ3) is 2.09. The average molecular weight is 216 g/mol. The monoisotopic (exact) mass is 215 g/mol. The predicted molar refractivity (Wildman–Crippen MR) is 53.8 cm³/mol. The Morgan fingerprint density at radius 1 is 1.43 bits per heavy atom. The Balaban J connectivity index is 3.14. The summed E-state index contributed by atoms with van der Waals surface area (Å²) in [6.07, 6.45) is 0. The molecule has 0 aliphatic rings. The lowest BCUT2D eigenvalue weighted by Crippen LogP contribution is -2.04. The van der Waals surface area contributed by atoms with Crippen LogP contribution in [0.2, 0.25) is 0 Å². The first-order valence-electron chi connectivity index (χ1n) is 3.86. The first kappa shape index (κ1) is 10.7. The Bertz CT molecular complexity index is 341. The summed E-state index contributed by atoms with van der Waals surface area (Å²) < 4.78 is 9.56. The largest absolute Gasteiger partial charge is 0.497 e. The molecule has 0 amide bonds. The van der Waals surface area contributed by atoms with Crippen molar-refractivity contribution < 1.29 is 14.3 Å². The van der Waals surface area contributed by atoms with Crippen LogP contribution in [0.25, 0.3) is 0 Å². The Morgan fingerprint density at radius 3 is 2.64 bits per heavy atom. The number of hydrogen-bond donors (Lipinski definition) is 1. The van der Waals surface area contributed by atoms with E-state index >= 15 is 0 Å². The van der Waals surface area contributed by atoms with Crippen molar-refractivity contribution in [1.29, 1.82) is 0 Å². The number of halogens is 1. The molecule has 5 heteroatoms. The quantitative estimate of drug-likeness (QED) is 0.619. The van der Waals surface area contributed by atoms with Crippen LogP contribution in [-0.2, 0) is 4.74 Å². The number of esters is 1. The molecule has 0 aliphatic carbocycles. The second-order valence-corrected chi connectivity index (χ2v) is 2.69. The molecular formula is C9H10ClNO3. The smallest absolute Gasteiger partial charge is 0.340 e. The fourth-order valence-electron chi connectivity index (χ4n) is 1.01. The highest BCUT2D eigenvalue weighted by Gasteiger charge is 2.12. The van der Waals surface area contributed by atoms with E-state index < -0.39 is 5.97 Å². The minimum Gasteiger partial charge on any atom is -0.497 e. The lowest BCUT2D eigenvalue weighted by molar-refractivity contribution is 0.0601. The van der Waals surface area contributed by atoms with E-state index in [1.165, 1.54) is 14.2 Å². The molecule has 1 rings (SSSR count). The standard InChI is InChI=1S/C9H10ClNO3/c1-13-6-3-4-8(11-10)7(5-6)9(12)14-2/h3-5,11H,1-2H3. The second-order valence-electron chi connectivity index (χ2n) is 2.50. The Hall–Kier alpha value is -1.42. The topological polar surface area (TPSA) is 47.6 Å². The Morgan fingerprint density at radius 2 is 2.14 bits per heavy atom. The average Bonchev–Trinajstić information content (AvgIpc) is 2.27. The van der Waals surface area contributed by atoms with Crippen LogP contribution in [0.1, 0.15) is 10.4 Å². The van der Waals surface area contributed by atoms with Gasteiger partial charge in [0.25, 0.3) is 0 Å². The van der Waals surface area contributed by atoms with Crippen molar-refractivity contribution in [2.75, 3.05) is 19.1 Å². The fourth-order valence-corrected chi connectivity index (χ4v) is 1.18. The van der Waals surface area contributed by atoms with Gasteiger partial charge in [-0.3, -0.25) is 4.84 Å². The van der Waals surface area contributed by atoms with Crippen molar-refractivity contribution in [3.05, 3.63) is 23.8 Å². The first-order chi connectivity index (χ1) is 6.72.